The molecule has 1 saturated heterocycles. The van der Waals surface area contributed by atoms with Crippen molar-refractivity contribution < 1.29 is 46.9 Å². The number of rotatable bonds is 10. The van der Waals surface area contributed by atoms with Crippen LogP contribution in [-0.4, -0.2) is 71.9 Å². The van der Waals surface area contributed by atoms with Gasteiger partial charge in [0.25, 0.3) is 5.91 Å². The number of halogens is 2. The van der Waals surface area contributed by atoms with Crippen LogP contribution >= 0.6 is 0 Å². The number of carbonyl (C=O) groups excluding carboxylic acids is 2. The number of nitrogens with zero attached hydrogens (tertiary/aromatic N) is 2. The zero-order valence-corrected chi connectivity index (χ0v) is 20.7. The van der Waals surface area contributed by atoms with Gasteiger partial charge in [0.1, 0.15) is 6.04 Å². The predicted octanol–water partition coefficient (Wildman–Crippen LogP) is 2.78. The lowest BCUT2D eigenvalue weighted by molar-refractivity contribution is -0.141. The molecule has 2 aliphatic rings. The standard InChI is InChI=1S/C24H28F2N4O8/c1-11(27)19-18(21(31)30-9-14(28-24(34)35-2)8-15(30)22(32)33)29-20(38-19)13-5-6-16(37-23(25)26)17(7-13)36-10-12-3-4-12/h5-7,11-12,14-15,23H,3-4,8-10,27H2,1-2H3,(H,28,34)(H,32,33)/t11-,14-,15-/m0/s1. The van der Waals surface area contributed by atoms with E-state index in [9.17, 15) is 28.3 Å². The molecule has 1 saturated carbocycles. The minimum Gasteiger partial charge on any atom is -0.489 e. The highest BCUT2D eigenvalue weighted by Crippen LogP contribution is 2.37. The molecular formula is C24H28F2N4O8. The van der Waals surface area contributed by atoms with E-state index in [2.05, 4.69) is 19.8 Å². The van der Waals surface area contributed by atoms with Crippen molar-refractivity contribution in [2.75, 3.05) is 20.3 Å². The van der Waals surface area contributed by atoms with E-state index in [4.69, 9.17) is 14.9 Å². The Balaban J connectivity index is 1.64. The first-order valence-electron chi connectivity index (χ1n) is 11.9. The van der Waals surface area contributed by atoms with Gasteiger partial charge in [0.2, 0.25) is 5.89 Å². The number of carbonyl (C=O) groups is 3. The van der Waals surface area contributed by atoms with E-state index in [0.29, 0.717) is 18.1 Å². The molecule has 0 bridgehead atoms. The van der Waals surface area contributed by atoms with Crippen molar-refractivity contribution >= 4 is 18.0 Å². The molecule has 2 aromatic rings. The summed E-state index contributed by atoms with van der Waals surface area (Å²) in [7, 11) is 1.17. The first-order chi connectivity index (χ1) is 18.1. The number of nitrogens with one attached hydrogen (secondary N) is 1. The van der Waals surface area contributed by atoms with Gasteiger partial charge < -0.3 is 39.7 Å². The fraction of sp³-hybridized carbons (Fsp3) is 0.500. The Labute approximate surface area is 216 Å². The Kier molecular flexibility index (Phi) is 7.99. The van der Waals surface area contributed by atoms with Gasteiger partial charge in [0.05, 0.1) is 25.8 Å². The Morgan fingerprint density at radius 1 is 1.29 bits per heavy atom. The number of nitrogens with two attached hydrogens (primary N) is 1. The summed E-state index contributed by atoms with van der Waals surface area (Å²) in [6.07, 6.45) is 1.17. The van der Waals surface area contributed by atoms with E-state index in [1.807, 2.05) is 0 Å². The first kappa shape index (κ1) is 27.1. The largest absolute Gasteiger partial charge is 0.489 e. The average molecular weight is 539 g/mol. The Bertz CT molecular complexity index is 1200. The molecule has 1 aromatic heterocycles. The molecule has 2 amide bonds. The number of hydrogen-bond acceptors (Lipinski definition) is 9. The number of oxazole rings is 1. The minimum atomic E-state index is -3.06. The monoisotopic (exact) mass is 538 g/mol. The molecule has 1 aliphatic heterocycles. The fourth-order valence-electron chi connectivity index (χ4n) is 4.12. The number of carboxylic acids is 1. The first-order valence-corrected chi connectivity index (χ1v) is 11.9. The second kappa shape index (κ2) is 11.2. The number of ether oxygens (including phenoxy) is 3. The van der Waals surface area contributed by atoms with Crippen LogP contribution in [0.5, 0.6) is 11.5 Å². The number of likely N-dealkylation sites (tertiary alicyclic amines) is 1. The van der Waals surface area contributed by atoms with Crippen LogP contribution < -0.4 is 20.5 Å². The minimum absolute atomic E-state index is 0.00636. The Morgan fingerprint density at radius 2 is 2.03 bits per heavy atom. The van der Waals surface area contributed by atoms with Gasteiger partial charge in [0, 0.05) is 18.5 Å². The smallest absolute Gasteiger partial charge is 0.407 e. The topological polar surface area (TPSA) is 166 Å². The van der Waals surface area contributed by atoms with Crippen molar-refractivity contribution in [2.45, 2.75) is 50.9 Å². The molecule has 206 valence electrons. The normalized spacial score (nSPS) is 19.8. The van der Waals surface area contributed by atoms with Gasteiger partial charge in [-0.3, -0.25) is 4.79 Å². The highest BCUT2D eigenvalue weighted by atomic mass is 19.3. The number of hydrogen-bond donors (Lipinski definition) is 3. The van der Waals surface area contributed by atoms with Crippen molar-refractivity contribution in [2.24, 2.45) is 11.7 Å². The second-order valence-corrected chi connectivity index (χ2v) is 9.20. The summed E-state index contributed by atoms with van der Waals surface area (Å²) in [4.78, 5) is 42.3. The maximum absolute atomic E-state index is 13.5. The second-order valence-electron chi connectivity index (χ2n) is 9.20. The lowest BCUT2D eigenvalue weighted by atomic mass is 10.1. The highest BCUT2D eigenvalue weighted by Gasteiger charge is 2.42. The van der Waals surface area contributed by atoms with Crippen molar-refractivity contribution in [3.05, 3.63) is 29.7 Å². The van der Waals surface area contributed by atoms with Crippen molar-refractivity contribution in [1.29, 1.82) is 0 Å². The quantitative estimate of drug-likeness (QED) is 0.409. The van der Waals surface area contributed by atoms with Gasteiger partial charge in [-0.25, -0.2) is 14.6 Å². The predicted molar refractivity (Wildman–Crippen MR) is 126 cm³/mol. The van der Waals surface area contributed by atoms with Crippen LogP contribution in [0, 0.1) is 5.92 Å². The van der Waals surface area contributed by atoms with E-state index in [1.165, 1.54) is 25.3 Å². The summed E-state index contributed by atoms with van der Waals surface area (Å²) in [6, 6.07) is 1.42. The lowest BCUT2D eigenvalue weighted by Crippen LogP contribution is -2.42. The van der Waals surface area contributed by atoms with Crippen LogP contribution in [0.1, 0.15) is 48.5 Å². The van der Waals surface area contributed by atoms with Crippen LogP contribution in [0.3, 0.4) is 0 Å². The molecule has 3 atom stereocenters. The highest BCUT2D eigenvalue weighted by molar-refractivity contribution is 5.97. The summed E-state index contributed by atoms with van der Waals surface area (Å²) >= 11 is 0. The van der Waals surface area contributed by atoms with Gasteiger partial charge in [-0.2, -0.15) is 8.78 Å². The van der Waals surface area contributed by atoms with Crippen LogP contribution in [0.2, 0.25) is 0 Å². The van der Waals surface area contributed by atoms with Crippen LogP contribution in [0.15, 0.2) is 22.6 Å². The van der Waals surface area contributed by atoms with Crippen molar-refractivity contribution in [3.63, 3.8) is 0 Å². The van der Waals surface area contributed by atoms with Crippen molar-refractivity contribution in [3.8, 4) is 23.0 Å². The molecule has 1 aromatic carbocycles. The molecule has 4 rings (SSSR count). The van der Waals surface area contributed by atoms with E-state index in [-0.39, 0.29) is 41.8 Å². The third-order valence-corrected chi connectivity index (χ3v) is 6.20. The lowest BCUT2D eigenvalue weighted by Gasteiger charge is -2.20. The van der Waals surface area contributed by atoms with E-state index in [1.54, 1.807) is 6.92 Å². The van der Waals surface area contributed by atoms with E-state index < -0.39 is 42.7 Å². The number of alkyl carbamates (subject to hydrolysis) is 1. The molecular weight excluding hydrogens is 510 g/mol. The number of carboxylic acid groups (broad SMARTS) is 1. The molecule has 38 heavy (non-hydrogen) atoms. The zero-order valence-electron chi connectivity index (χ0n) is 20.7. The number of amides is 2. The third kappa shape index (κ3) is 6.13. The summed E-state index contributed by atoms with van der Waals surface area (Å²) in [5.74, 6) is -1.81. The molecule has 14 heteroatoms. The van der Waals surface area contributed by atoms with Crippen molar-refractivity contribution in [1.82, 2.24) is 15.2 Å². The molecule has 1 aliphatic carbocycles. The van der Waals surface area contributed by atoms with E-state index in [0.717, 1.165) is 17.7 Å². The van der Waals surface area contributed by atoms with Crippen LogP contribution in [-0.2, 0) is 9.53 Å². The number of aliphatic carboxylic acids is 1. The molecule has 4 N–H and O–H groups in total. The Morgan fingerprint density at radius 3 is 2.63 bits per heavy atom. The average Bonchev–Trinajstić information content (AvgIpc) is 3.42. The molecule has 12 nitrogen and oxygen atoms in total. The summed E-state index contributed by atoms with van der Waals surface area (Å²) in [6.45, 7) is -1.27. The van der Waals surface area contributed by atoms with Crippen LogP contribution in [0.25, 0.3) is 11.5 Å². The molecule has 0 spiro atoms. The number of alkyl halides is 2. The summed E-state index contributed by atoms with van der Waals surface area (Å²) in [5.41, 5.74) is 6.13. The SMILES string of the molecule is COC(=O)N[C@H]1C[C@@H](C(=O)O)N(C(=O)c2nc(-c3ccc(OC(F)F)c(OCC4CC4)c3)oc2[C@H](C)N)C1. The maximum Gasteiger partial charge on any atom is 0.407 e. The van der Waals surface area contributed by atoms with Gasteiger partial charge in [-0.1, -0.05) is 0 Å². The zero-order chi connectivity index (χ0) is 27.6. The molecule has 0 unspecified atom stereocenters. The van der Waals surface area contributed by atoms with Gasteiger partial charge in [-0.05, 0) is 43.9 Å². The number of aromatic nitrogens is 1. The fourth-order valence-corrected chi connectivity index (χ4v) is 4.12. The third-order valence-electron chi connectivity index (χ3n) is 6.20. The number of benzene rings is 1. The number of methoxy groups -OCH3 is 1. The molecule has 2 heterocycles. The van der Waals surface area contributed by atoms with Crippen LogP contribution in [0.4, 0.5) is 13.6 Å². The summed E-state index contributed by atoms with van der Waals surface area (Å²) in [5, 5.41) is 12.2. The van der Waals surface area contributed by atoms with Gasteiger partial charge in [-0.15, -0.1) is 0 Å². The molecule has 2 fully saturated rings. The van der Waals surface area contributed by atoms with E-state index >= 15 is 0 Å². The Hall–Kier alpha value is -3.94. The maximum atomic E-state index is 13.5. The molecule has 0 radical (unpaired) electrons. The van der Waals surface area contributed by atoms with Gasteiger partial charge in [0.15, 0.2) is 23.0 Å². The summed E-state index contributed by atoms with van der Waals surface area (Å²) < 4.78 is 46.4. The van der Waals surface area contributed by atoms with Gasteiger partial charge >= 0.3 is 18.7 Å².